The van der Waals surface area contributed by atoms with Crippen molar-refractivity contribution in [3.63, 3.8) is 0 Å². The number of rotatable bonds is 2. The monoisotopic (exact) mass is 160 g/mol. The van der Waals surface area contributed by atoms with Crippen molar-refractivity contribution in [2.75, 3.05) is 0 Å². The fourth-order valence-corrected chi connectivity index (χ4v) is 0.869. The molecule has 0 unspecified atom stereocenters. The Kier molecular flexibility index (Phi) is 2.38. The van der Waals surface area contributed by atoms with Crippen LogP contribution in [-0.4, -0.2) is 11.6 Å². The first kappa shape index (κ1) is 8.65. The van der Waals surface area contributed by atoms with E-state index in [-0.39, 0.29) is 5.78 Å². The first-order valence-electron chi connectivity index (χ1n) is 3.52. The molecule has 0 saturated heterocycles. The van der Waals surface area contributed by atoms with E-state index in [2.05, 4.69) is 0 Å². The summed E-state index contributed by atoms with van der Waals surface area (Å²) >= 11 is 0. The minimum atomic E-state index is -0.481. The average molecular weight is 160 g/mol. The zero-order valence-electron chi connectivity index (χ0n) is 6.70. The Labute approximate surface area is 71.2 Å². The standard InChI is InChI=1S/C10H8O2/c1-7(11)9-3-5-10(6-4-9)8(2)12/h1,3-6H,2H3. The number of ketones is 2. The molecule has 0 saturated carbocycles. The van der Waals surface area contributed by atoms with Crippen molar-refractivity contribution in [2.24, 2.45) is 0 Å². The van der Waals surface area contributed by atoms with Crippen LogP contribution in [0.5, 0.6) is 0 Å². The van der Waals surface area contributed by atoms with Crippen LogP contribution in [-0.2, 0) is 0 Å². The van der Waals surface area contributed by atoms with E-state index in [1.54, 1.807) is 24.3 Å². The minimum Gasteiger partial charge on any atom is -0.295 e. The molecule has 0 aromatic heterocycles. The lowest BCUT2D eigenvalue weighted by Gasteiger charge is -1.96. The van der Waals surface area contributed by atoms with Crippen LogP contribution in [0.25, 0.3) is 0 Å². The van der Waals surface area contributed by atoms with Gasteiger partial charge in [-0.1, -0.05) is 24.3 Å². The van der Waals surface area contributed by atoms with Gasteiger partial charge in [0.25, 0.3) is 0 Å². The summed E-state index contributed by atoms with van der Waals surface area (Å²) in [4.78, 5) is 21.4. The van der Waals surface area contributed by atoms with Gasteiger partial charge in [0.05, 0.1) is 0 Å². The SMILES string of the molecule is [CH]C(=O)c1ccc(C(C)=O)cc1. The summed E-state index contributed by atoms with van der Waals surface area (Å²) in [6, 6.07) is 6.25. The molecular formula is C10H8O2. The van der Waals surface area contributed by atoms with Gasteiger partial charge >= 0.3 is 0 Å². The molecule has 0 heterocycles. The molecule has 0 spiro atoms. The molecule has 0 N–H and O–H groups in total. The molecule has 1 aromatic carbocycles. The van der Waals surface area contributed by atoms with Gasteiger partial charge < -0.3 is 0 Å². The maximum absolute atomic E-state index is 10.8. The summed E-state index contributed by atoms with van der Waals surface area (Å²) in [5.74, 6) is -0.504. The molecule has 1 aromatic rings. The maximum Gasteiger partial charge on any atom is 0.167 e. The fourth-order valence-electron chi connectivity index (χ4n) is 0.869. The van der Waals surface area contributed by atoms with Gasteiger partial charge in [-0.05, 0) is 6.92 Å². The zero-order chi connectivity index (χ0) is 9.14. The van der Waals surface area contributed by atoms with Gasteiger partial charge in [0.15, 0.2) is 11.6 Å². The van der Waals surface area contributed by atoms with Crippen molar-refractivity contribution >= 4 is 11.6 Å². The molecule has 0 aliphatic heterocycles. The van der Waals surface area contributed by atoms with Gasteiger partial charge in [0, 0.05) is 18.1 Å². The highest BCUT2D eigenvalue weighted by molar-refractivity contribution is 6.00. The molecule has 0 amide bonds. The Morgan fingerprint density at radius 2 is 1.50 bits per heavy atom. The van der Waals surface area contributed by atoms with Gasteiger partial charge in [0.1, 0.15) is 0 Å². The summed E-state index contributed by atoms with van der Waals surface area (Å²) in [5.41, 5.74) is 1.00. The van der Waals surface area contributed by atoms with E-state index in [1.807, 2.05) is 0 Å². The van der Waals surface area contributed by atoms with E-state index in [9.17, 15) is 9.59 Å². The third-order valence-corrected chi connectivity index (χ3v) is 1.58. The van der Waals surface area contributed by atoms with E-state index >= 15 is 0 Å². The Bertz CT molecular complexity index is 276. The van der Waals surface area contributed by atoms with Gasteiger partial charge in [-0.25, -0.2) is 0 Å². The smallest absolute Gasteiger partial charge is 0.167 e. The summed E-state index contributed by atoms with van der Waals surface area (Å²) in [7, 11) is 0. The minimum absolute atomic E-state index is 0.0222. The summed E-state index contributed by atoms with van der Waals surface area (Å²) in [6.45, 7) is 6.49. The lowest BCUT2D eigenvalue weighted by molar-refractivity contribution is 0.101. The van der Waals surface area contributed by atoms with Crippen LogP contribution in [0, 0.1) is 6.92 Å². The van der Waals surface area contributed by atoms with E-state index in [4.69, 9.17) is 6.92 Å². The van der Waals surface area contributed by atoms with Crippen LogP contribution in [0.2, 0.25) is 0 Å². The highest BCUT2D eigenvalue weighted by Gasteiger charge is 2.01. The lowest BCUT2D eigenvalue weighted by Crippen LogP contribution is -1.95. The molecule has 0 bridgehead atoms. The average Bonchev–Trinajstić information content (AvgIpc) is 2.04. The van der Waals surface area contributed by atoms with E-state index in [0.29, 0.717) is 11.1 Å². The van der Waals surface area contributed by atoms with E-state index < -0.39 is 5.78 Å². The molecule has 1 rings (SSSR count). The molecule has 2 radical (unpaired) electrons. The predicted octanol–water partition coefficient (Wildman–Crippen LogP) is 1.78. The third-order valence-electron chi connectivity index (χ3n) is 1.58. The number of hydrogen-bond donors (Lipinski definition) is 0. The normalized spacial score (nSPS) is 9.50. The predicted molar refractivity (Wildman–Crippen MR) is 45.1 cm³/mol. The second kappa shape index (κ2) is 3.30. The van der Waals surface area contributed by atoms with Gasteiger partial charge in [0.2, 0.25) is 0 Å². The topological polar surface area (TPSA) is 34.1 Å². The number of Topliss-reactive ketones (excluding diaryl/α,β-unsaturated/α-hetero) is 2. The largest absolute Gasteiger partial charge is 0.295 e. The van der Waals surface area contributed by atoms with Crippen molar-refractivity contribution < 1.29 is 9.59 Å². The zero-order valence-corrected chi connectivity index (χ0v) is 6.70. The molecule has 0 fully saturated rings. The van der Waals surface area contributed by atoms with Crippen molar-refractivity contribution in [2.45, 2.75) is 6.92 Å². The molecule has 60 valence electrons. The highest BCUT2D eigenvalue weighted by Crippen LogP contribution is 2.05. The van der Waals surface area contributed by atoms with Crippen LogP contribution in [0.1, 0.15) is 27.6 Å². The van der Waals surface area contributed by atoms with Crippen LogP contribution < -0.4 is 0 Å². The summed E-state index contributed by atoms with van der Waals surface area (Å²) < 4.78 is 0. The Balaban J connectivity index is 3.01. The first-order valence-corrected chi connectivity index (χ1v) is 3.52. The number of benzene rings is 1. The molecule has 0 aliphatic carbocycles. The Morgan fingerprint density at radius 3 is 1.83 bits per heavy atom. The van der Waals surface area contributed by atoms with E-state index in [1.165, 1.54) is 6.92 Å². The van der Waals surface area contributed by atoms with Gasteiger partial charge in [-0.15, -0.1) is 0 Å². The van der Waals surface area contributed by atoms with Crippen LogP contribution in [0.4, 0.5) is 0 Å². The first-order chi connectivity index (χ1) is 5.61. The molecule has 0 aliphatic rings. The third kappa shape index (κ3) is 1.78. The van der Waals surface area contributed by atoms with Crippen molar-refractivity contribution in [3.05, 3.63) is 42.3 Å². The number of hydrogen-bond acceptors (Lipinski definition) is 2. The van der Waals surface area contributed by atoms with Crippen molar-refractivity contribution in [1.82, 2.24) is 0 Å². The molecule has 0 atom stereocenters. The van der Waals surface area contributed by atoms with Gasteiger partial charge in [-0.3, -0.25) is 9.59 Å². The van der Waals surface area contributed by atoms with E-state index in [0.717, 1.165) is 0 Å². The molecular weight excluding hydrogens is 152 g/mol. The summed E-state index contributed by atoms with van der Waals surface area (Å²) in [5, 5.41) is 0. The van der Waals surface area contributed by atoms with Gasteiger partial charge in [-0.2, -0.15) is 0 Å². The fraction of sp³-hybridized carbons (Fsp3) is 0.100. The van der Waals surface area contributed by atoms with Crippen molar-refractivity contribution in [1.29, 1.82) is 0 Å². The highest BCUT2D eigenvalue weighted by atomic mass is 16.1. The lowest BCUT2D eigenvalue weighted by atomic mass is 10.1. The number of carbonyl (C=O) groups excluding carboxylic acids is 2. The van der Waals surface area contributed by atoms with Crippen LogP contribution >= 0.6 is 0 Å². The quantitative estimate of drug-likeness (QED) is 0.618. The Morgan fingerprint density at radius 1 is 1.08 bits per heavy atom. The van der Waals surface area contributed by atoms with Crippen molar-refractivity contribution in [3.8, 4) is 0 Å². The summed E-state index contributed by atoms with van der Waals surface area (Å²) in [6.07, 6.45) is 0. The second-order valence-corrected chi connectivity index (χ2v) is 2.50. The molecule has 2 nitrogen and oxygen atoms in total. The maximum atomic E-state index is 10.8. The number of carbonyl (C=O) groups is 2. The molecule has 2 heteroatoms. The second-order valence-electron chi connectivity index (χ2n) is 2.50. The Hall–Kier alpha value is -1.44. The van der Waals surface area contributed by atoms with Crippen LogP contribution in [0.15, 0.2) is 24.3 Å². The van der Waals surface area contributed by atoms with Crippen LogP contribution in [0.3, 0.4) is 0 Å². The molecule has 12 heavy (non-hydrogen) atoms.